The fourth-order valence-electron chi connectivity index (χ4n) is 2.26. The van der Waals surface area contributed by atoms with Gasteiger partial charge < -0.3 is 4.74 Å². The van der Waals surface area contributed by atoms with Crippen LogP contribution in [0.25, 0.3) is 5.57 Å². The topological polar surface area (TPSA) is 9.23 Å². The van der Waals surface area contributed by atoms with Crippen LogP contribution >= 0.6 is 0 Å². The molecule has 1 aromatic carbocycles. The van der Waals surface area contributed by atoms with Crippen molar-refractivity contribution in [2.45, 2.75) is 19.0 Å². The third kappa shape index (κ3) is 2.69. The molecule has 0 saturated heterocycles. The summed E-state index contributed by atoms with van der Waals surface area (Å²) in [6.07, 6.45) is -5.82. The summed E-state index contributed by atoms with van der Waals surface area (Å²) in [6, 6.07) is 1.14. The van der Waals surface area contributed by atoms with Crippen LogP contribution in [0, 0.1) is 17.5 Å². The van der Waals surface area contributed by atoms with Gasteiger partial charge >= 0.3 is 6.18 Å². The lowest BCUT2D eigenvalue weighted by Gasteiger charge is -2.23. The van der Waals surface area contributed by atoms with Crippen molar-refractivity contribution in [2.24, 2.45) is 0 Å². The predicted molar refractivity (Wildman–Crippen MR) is 63.7 cm³/mol. The normalized spacial score (nSPS) is 16.4. The number of benzene rings is 1. The monoisotopic (exact) mass is 326 g/mol. The Morgan fingerprint density at radius 2 is 1.59 bits per heavy atom. The van der Waals surface area contributed by atoms with Gasteiger partial charge in [-0.1, -0.05) is 0 Å². The van der Waals surface area contributed by atoms with E-state index >= 15 is 0 Å². The molecule has 1 aromatic rings. The van der Waals surface area contributed by atoms with E-state index in [4.69, 9.17) is 0 Å². The molecule has 2 rings (SSSR count). The lowest BCUT2D eigenvalue weighted by atomic mass is 9.89. The van der Waals surface area contributed by atoms with Gasteiger partial charge in [0.05, 0.1) is 12.7 Å². The van der Waals surface area contributed by atoms with Crippen molar-refractivity contribution < 1.29 is 35.5 Å². The van der Waals surface area contributed by atoms with Crippen molar-refractivity contribution in [2.75, 3.05) is 7.11 Å². The van der Waals surface area contributed by atoms with Crippen LogP contribution in [0.3, 0.4) is 0 Å². The Bertz CT molecular complexity index is 671. The Labute approximate surface area is 120 Å². The first-order valence-electron chi connectivity index (χ1n) is 6.05. The maximum atomic E-state index is 13.9. The molecular formula is C14H9F7O. The number of hydrogen-bond donors (Lipinski definition) is 0. The van der Waals surface area contributed by atoms with Gasteiger partial charge in [-0.2, -0.15) is 13.2 Å². The predicted octanol–water partition coefficient (Wildman–Crippen LogP) is 5.04. The average molecular weight is 326 g/mol. The highest BCUT2D eigenvalue weighted by Crippen LogP contribution is 2.45. The number of methoxy groups -OCH3 is 1. The number of alkyl halides is 3. The smallest absolute Gasteiger partial charge is 0.419 e. The van der Waals surface area contributed by atoms with Gasteiger partial charge in [0.25, 0.3) is 0 Å². The third-order valence-electron chi connectivity index (χ3n) is 3.26. The third-order valence-corrected chi connectivity index (χ3v) is 3.26. The largest absolute Gasteiger partial charge is 0.498 e. The molecule has 0 unspecified atom stereocenters. The average Bonchev–Trinajstić information content (AvgIpc) is 2.43. The van der Waals surface area contributed by atoms with Crippen LogP contribution in [0.5, 0.6) is 0 Å². The highest BCUT2D eigenvalue weighted by Gasteiger charge is 2.43. The first-order valence-corrected chi connectivity index (χ1v) is 6.05. The quantitative estimate of drug-likeness (QED) is 0.546. The lowest BCUT2D eigenvalue weighted by molar-refractivity contribution is -0.0915. The Balaban J connectivity index is 2.75. The fraction of sp³-hybridized carbons (Fsp3) is 0.286. The summed E-state index contributed by atoms with van der Waals surface area (Å²) in [7, 11) is 1.01. The lowest BCUT2D eigenvalue weighted by Crippen LogP contribution is -2.19. The molecule has 1 aliphatic rings. The molecule has 0 fully saturated rings. The van der Waals surface area contributed by atoms with E-state index in [1.54, 1.807) is 0 Å². The molecule has 0 radical (unpaired) electrons. The molecule has 0 heterocycles. The van der Waals surface area contributed by atoms with Crippen molar-refractivity contribution >= 4 is 5.57 Å². The standard InChI is InChI=1S/C14H9F7O/c1-22-9-5-3-6(10(13(9)18)14(19,20)21)7-2-4-8(15)12(17)11(7)16/h2,4H,3,5H2,1H3. The summed E-state index contributed by atoms with van der Waals surface area (Å²) in [5, 5.41) is 0. The van der Waals surface area contributed by atoms with Crippen molar-refractivity contribution in [1.29, 1.82) is 0 Å². The zero-order valence-corrected chi connectivity index (χ0v) is 11.1. The maximum absolute atomic E-state index is 13.9. The molecule has 0 saturated carbocycles. The van der Waals surface area contributed by atoms with Crippen LogP contribution < -0.4 is 0 Å². The summed E-state index contributed by atoms with van der Waals surface area (Å²) >= 11 is 0. The minimum atomic E-state index is -5.14. The molecule has 0 bridgehead atoms. The molecular weight excluding hydrogens is 317 g/mol. The molecule has 1 aliphatic carbocycles. The van der Waals surface area contributed by atoms with E-state index in [0.717, 1.165) is 7.11 Å². The number of allylic oxidation sites excluding steroid dienone is 4. The van der Waals surface area contributed by atoms with Crippen molar-refractivity contribution in [3.8, 4) is 0 Å². The highest BCUT2D eigenvalue weighted by atomic mass is 19.4. The van der Waals surface area contributed by atoms with Crippen LogP contribution in [0.15, 0.2) is 29.3 Å². The van der Waals surface area contributed by atoms with E-state index in [1.165, 1.54) is 0 Å². The minimum absolute atomic E-state index is 0.254. The molecule has 0 spiro atoms. The fourth-order valence-corrected chi connectivity index (χ4v) is 2.26. The second-order valence-electron chi connectivity index (χ2n) is 4.52. The van der Waals surface area contributed by atoms with Crippen LogP contribution in [0.1, 0.15) is 18.4 Å². The van der Waals surface area contributed by atoms with Gasteiger partial charge in [-0.25, -0.2) is 17.6 Å². The summed E-state index contributed by atoms with van der Waals surface area (Å²) in [5.74, 6) is -7.45. The zero-order chi connectivity index (χ0) is 16.7. The summed E-state index contributed by atoms with van der Waals surface area (Å²) in [5.41, 5.74) is -3.33. The number of rotatable bonds is 2. The molecule has 0 N–H and O–H groups in total. The van der Waals surface area contributed by atoms with Crippen molar-refractivity contribution in [1.82, 2.24) is 0 Å². The maximum Gasteiger partial charge on any atom is 0.419 e. The summed E-state index contributed by atoms with van der Waals surface area (Å²) in [4.78, 5) is 0. The SMILES string of the molecule is COC1=C(F)C(C(F)(F)F)=C(c2ccc(F)c(F)c2F)CC1. The molecule has 0 aliphatic heterocycles. The second-order valence-corrected chi connectivity index (χ2v) is 4.52. The van der Waals surface area contributed by atoms with E-state index in [9.17, 15) is 30.7 Å². The van der Waals surface area contributed by atoms with Crippen molar-refractivity contribution in [3.05, 3.63) is 52.3 Å². The molecule has 22 heavy (non-hydrogen) atoms. The molecule has 8 heteroatoms. The summed E-state index contributed by atoms with van der Waals surface area (Å²) in [6.45, 7) is 0. The molecule has 0 atom stereocenters. The summed E-state index contributed by atoms with van der Waals surface area (Å²) < 4.78 is 97.5. The first kappa shape index (κ1) is 16.4. The Morgan fingerprint density at radius 3 is 2.14 bits per heavy atom. The van der Waals surface area contributed by atoms with Gasteiger partial charge in [-0.3, -0.25) is 0 Å². The minimum Gasteiger partial charge on any atom is -0.498 e. The van der Waals surface area contributed by atoms with E-state index in [0.29, 0.717) is 12.1 Å². The van der Waals surface area contributed by atoms with Gasteiger partial charge in [-0.05, 0) is 24.1 Å². The van der Waals surface area contributed by atoms with Gasteiger partial charge in [-0.15, -0.1) is 0 Å². The zero-order valence-electron chi connectivity index (χ0n) is 11.1. The van der Waals surface area contributed by atoms with Crippen molar-refractivity contribution in [3.63, 3.8) is 0 Å². The van der Waals surface area contributed by atoms with E-state index in [1.807, 2.05) is 0 Å². The first-order chi connectivity index (χ1) is 10.2. The molecule has 0 amide bonds. The second kappa shape index (κ2) is 5.66. The van der Waals surface area contributed by atoms with Crippen LogP contribution in [0.4, 0.5) is 30.7 Å². The van der Waals surface area contributed by atoms with Crippen LogP contribution in [-0.2, 0) is 4.74 Å². The molecule has 0 aromatic heterocycles. The van der Waals surface area contributed by atoms with Gasteiger partial charge in [0, 0.05) is 12.0 Å². The Morgan fingerprint density at radius 1 is 0.955 bits per heavy atom. The van der Waals surface area contributed by atoms with E-state index < -0.39 is 58.3 Å². The van der Waals surface area contributed by atoms with Gasteiger partial charge in [0.2, 0.25) is 0 Å². The number of hydrogen-bond acceptors (Lipinski definition) is 1. The van der Waals surface area contributed by atoms with Gasteiger partial charge in [0.15, 0.2) is 23.3 Å². The Kier molecular flexibility index (Phi) is 4.21. The number of ether oxygens (including phenoxy) is 1. The van der Waals surface area contributed by atoms with Crippen LogP contribution in [0.2, 0.25) is 0 Å². The molecule has 120 valence electrons. The molecule has 1 nitrogen and oxygen atoms in total. The number of halogens is 7. The Hall–Kier alpha value is -1.99. The van der Waals surface area contributed by atoms with E-state index in [-0.39, 0.29) is 6.42 Å². The van der Waals surface area contributed by atoms with Crippen LogP contribution in [-0.4, -0.2) is 13.3 Å². The highest BCUT2D eigenvalue weighted by molar-refractivity contribution is 5.75. The van der Waals surface area contributed by atoms with E-state index in [2.05, 4.69) is 4.74 Å². The van der Waals surface area contributed by atoms with Gasteiger partial charge in [0.1, 0.15) is 5.76 Å².